The highest BCUT2D eigenvalue weighted by atomic mass is 14.5. The van der Waals surface area contributed by atoms with E-state index in [1.165, 1.54) is 12.8 Å². The predicted molar refractivity (Wildman–Crippen MR) is 70.9 cm³/mol. The average molecular weight is 216 g/mol. The fourth-order valence-corrected chi connectivity index (χ4v) is 2.95. The second-order valence-corrected chi connectivity index (χ2v) is 6.58. The van der Waals surface area contributed by atoms with Gasteiger partial charge in [0.25, 0.3) is 0 Å². The van der Waals surface area contributed by atoms with Crippen LogP contribution in [0.25, 0.3) is 0 Å². The van der Waals surface area contributed by atoms with E-state index in [1.807, 2.05) is 0 Å². The minimum absolute atomic E-state index is 0.378. The normalized spacial score (nSPS) is 22.4. The zero-order valence-electron chi connectivity index (χ0n) is 11.3. The summed E-state index contributed by atoms with van der Waals surface area (Å²) in [6, 6.07) is 8.96. The van der Waals surface area contributed by atoms with Crippen LogP contribution in [-0.2, 0) is 5.41 Å². The summed E-state index contributed by atoms with van der Waals surface area (Å²) in [6.45, 7) is 11.9. The van der Waals surface area contributed by atoms with E-state index in [-0.39, 0.29) is 0 Å². The highest BCUT2D eigenvalue weighted by molar-refractivity contribution is 5.48. The molecular formula is C16H24. The van der Waals surface area contributed by atoms with Gasteiger partial charge < -0.3 is 0 Å². The lowest BCUT2D eigenvalue weighted by atomic mass is 9.54. The Hall–Kier alpha value is -0.780. The smallest absolute Gasteiger partial charge is 0.00318 e. The summed E-state index contributed by atoms with van der Waals surface area (Å²) in [5.41, 5.74) is 4.00. The van der Waals surface area contributed by atoms with E-state index in [0.717, 1.165) is 5.92 Å². The van der Waals surface area contributed by atoms with E-state index in [0.29, 0.717) is 10.8 Å². The van der Waals surface area contributed by atoms with Crippen molar-refractivity contribution in [2.45, 2.75) is 58.8 Å². The molecule has 0 nitrogen and oxygen atoms in total. The molecule has 0 amide bonds. The molecule has 0 bridgehead atoms. The third kappa shape index (κ3) is 1.69. The van der Waals surface area contributed by atoms with Crippen molar-refractivity contribution in [3.8, 4) is 0 Å². The number of fused-ring (bicyclic) bond motifs is 1. The van der Waals surface area contributed by atoms with Crippen LogP contribution in [0.1, 0.15) is 64.5 Å². The van der Waals surface area contributed by atoms with E-state index in [1.54, 1.807) is 11.1 Å². The molecule has 88 valence electrons. The second kappa shape index (κ2) is 3.61. The highest BCUT2D eigenvalue weighted by Crippen LogP contribution is 2.55. The van der Waals surface area contributed by atoms with Gasteiger partial charge in [-0.3, -0.25) is 0 Å². The molecule has 1 aromatic carbocycles. The van der Waals surface area contributed by atoms with Gasteiger partial charge in [0, 0.05) is 0 Å². The largest absolute Gasteiger partial charge is 0.0649 e. The molecule has 0 N–H and O–H groups in total. The van der Waals surface area contributed by atoms with Crippen LogP contribution >= 0.6 is 0 Å². The maximum atomic E-state index is 2.39. The first-order valence-electron chi connectivity index (χ1n) is 6.48. The molecule has 0 radical (unpaired) electrons. The second-order valence-electron chi connectivity index (χ2n) is 6.58. The van der Waals surface area contributed by atoms with E-state index in [4.69, 9.17) is 0 Å². The fourth-order valence-electron chi connectivity index (χ4n) is 2.95. The van der Waals surface area contributed by atoms with E-state index >= 15 is 0 Å². The minimum atomic E-state index is 0.378. The SMILES string of the molecule is CCC(C)(C)CC1c2ccccc2C1(C)C. The standard InChI is InChI=1S/C16H24/c1-6-15(2,3)11-14-12-9-7-8-10-13(12)16(14,4)5/h7-10,14H,6,11H2,1-5H3. The Morgan fingerprint density at radius 1 is 1.19 bits per heavy atom. The Morgan fingerprint density at radius 3 is 2.44 bits per heavy atom. The van der Waals surface area contributed by atoms with Crippen molar-refractivity contribution in [3.05, 3.63) is 35.4 Å². The van der Waals surface area contributed by atoms with Gasteiger partial charge in [-0.15, -0.1) is 0 Å². The molecular weight excluding hydrogens is 192 g/mol. The monoisotopic (exact) mass is 216 g/mol. The quantitative estimate of drug-likeness (QED) is 0.675. The lowest BCUT2D eigenvalue weighted by Gasteiger charge is -2.49. The molecule has 1 aromatic rings. The summed E-state index contributed by atoms with van der Waals surface area (Å²) in [5, 5.41) is 0. The van der Waals surface area contributed by atoms with Crippen molar-refractivity contribution in [3.63, 3.8) is 0 Å². The van der Waals surface area contributed by atoms with Crippen molar-refractivity contribution in [2.75, 3.05) is 0 Å². The maximum absolute atomic E-state index is 2.39. The van der Waals surface area contributed by atoms with Crippen LogP contribution in [0.3, 0.4) is 0 Å². The summed E-state index contributed by atoms with van der Waals surface area (Å²) in [7, 11) is 0. The van der Waals surface area contributed by atoms with Gasteiger partial charge in [0.1, 0.15) is 0 Å². The first-order chi connectivity index (χ1) is 7.38. The van der Waals surface area contributed by atoms with Crippen LogP contribution in [0.5, 0.6) is 0 Å². The number of hydrogen-bond donors (Lipinski definition) is 0. The van der Waals surface area contributed by atoms with Crippen molar-refractivity contribution >= 4 is 0 Å². The Kier molecular flexibility index (Phi) is 2.64. The van der Waals surface area contributed by atoms with Gasteiger partial charge in [0.15, 0.2) is 0 Å². The lowest BCUT2D eigenvalue weighted by molar-refractivity contribution is 0.217. The van der Waals surface area contributed by atoms with Crippen LogP contribution in [0.15, 0.2) is 24.3 Å². The molecule has 0 fully saturated rings. The summed E-state index contributed by atoms with van der Waals surface area (Å²) in [6.07, 6.45) is 2.58. The van der Waals surface area contributed by atoms with Crippen molar-refractivity contribution in [2.24, 2.45) is 5.41 Å². The molecule has 0 spiro atoms. The van der Waals surface area contributed by atoms with Crippen LogP contribution in [-0.4, -0.2) is 0 Å². The summed E-state index contributed by atoms with van der Waals surface area (Å²) >= 11 is 0. The Labute approximate surface area is 100 Å². The lowest BCUT2D eigenvalue weighted by Crippen LogP contribution is -2.40. The fraction of sp³-hybridized carbons (Fsp3) is 0.625. The van der Waals surface area contributed by atoms with Crippen molar-refractivity contribution < 1.29 is 0 Å². The molecule has 1 atom stereocenters. The minimum Gasteiger partial charge on any atom is -0.0649 e. The van der Waals surface area contributed by atoms with Crippen LogP contribution in [0.4, 0.5) is 0 Å². The summed E-state index contributed by atoms with van der Waals surface area (Å²) < 4.78 is 0. The zero-order valence-corrected chi connectivity index (χ0v) is 11.3. The molecule has 2 rings (SSSR count). The van der Waals surface area contributed by atoms with Gasteiger partial charge >= 0.3 is 0 Å². The zero-order chi connectivity index (χ0) is 12.0. The molecule has 0 aromatic heterocycles. The first-order valence-corrected chi connectivity index (χ1v) is 6.48. The van der Waals surface area contributed by atoms with Crippen molar-refractivity contribution in [1.29, 1.82) is 0 Å². The van der Waals surface area contributed by atoms with Crippen LogP contribution in [0.2, 0.25) is 0 Å². The summed E-state index contributed by atoms with van der Waals surface area (Å²) in [4.78, 5) is 0. The number of hydrogen-bond acceptors (Lipinski definition) is 0. The molecule has 1 aliphatic carbocycles. The molecule has 16 heavy (non-hydrogen) atoms. The molecule has 0 heteroatoms. The first kappa shape index (κ1) is 11.7. The van der Waals surface area contributed by atoms with Gasteiger partial charge in [-0.2, -0.15) is 0 Å². The Balaban J connectivity index is 2.26. The third-order valence-corrected chi connectivity index (χ3v) is 4.62. The molecule has 0 aliphatic heterocycles. The highest BCUT2D eigenvalue weighted by Gasteiger charge is 2.45. The summed E-state index contributed by atoms with van der Waals surface area (Å²) in [5.74, 6) is 0.749. The third-order valence-electron chi connectivity index (χ3n) is 4.62. The van der Waals surface area contributed by atoms with E-state index < -0.39 is 0 Å². The molecule has 0 saturated heterocycles. The van der Waals surface area contributed by atoms with Gasteiger partial charge in [-0.1, -0.05) is 65.3 Å². The Morgan fingerprint density at radius 2 is 1.81 bits per heavy atom. The number of rotatable bonds is 3. The van der Waals surface area contributed by atoms with Crippen molar-refractivity contribution in [1.82, 2.24) is 0 Å². The molecule has 0 heterocycles. The molecule has 1 unspecified atom stereocenters. The van der Waals surface area contributed by atoms with Gasteiger partial charge in [0.05, 0.1) is 0 Å². The average Bonchev–Trinajstić information content (AvgIpc) is 2.26. The maximum Gasteiger partial charge on any atom is -0.00318 e. The molecule has 0 saturated carbocycles. The van der Waals surface area contributed by atoms with Gasteiger partial charge in [-0.25, -0.2) is 0 Å². The predicted octanol–water partition coefficient (Wildman–Crippen LogP) is 4.89. The van der Waals surface area contributed by atoms with Gasteiger partial charge in [-0.05, 0) is 34.3 Å². The van der Waals surface area contributed by atoms with Gasteiger partial charge in [0.2, 0.25) is 0 Å². The van der Waals surface area contributed by atoms with Crippen LogP contribution in [0, 0.1) is 5.41 Å². The van der Waals surface area contributed by atoms with E-state index in [9.17, 15) is 0 Å². The van der Waals surface area contributed by atoms with Crippen LogP contribution < -0.4 is 0 Å². The van der Waals surface area contributed by atoms with E-state index in [2.05, 4.69) is 58.9 Å². The molecule has 1 aliphatic rings. The number of benzene rings is 1. The topological polar surface area (TPSA) is 0 Å². The Bertz CT molecular complexity index is 385.